The lowest BCUT2D eigenvalue weighted by molar-refractivity contribution is 0.182. The molecule has 5 nitrogen and oxygen atoms in total. The highest BCUT2D eigenvalue weighted by Crippen LogP contribution is 2.29. The van der Waals surface area contributed by atoms with Crippen molar-refractivity contribution in [2.45, 2.75) is 51.6 Å². The minimum Gasteiger partial charge on any atom is -0.383 e. The van der Waals surface area contributed by atoms with E-state index in [2.05, 4.69) is 17.3 Å². The maximum absolute atomic E-state index is 12.1. The van der Waals surface area contributed by atoms with E-state index in [-0.39, 0.29) is 10.6 Å². The van der Waals surface area contributed by atoms with Gasteiger partial charge >= 0.3 is 0 Å². The zero-order valence-corrected chi connectivity index (χ0v) is 13.5. The van der Waals surface area contributed by atoms with Gasteiger partial charge in [-0.15, -0.1) is 0 Å². The molecule has 0 saturated heterocycles. The molecule has 0 radical (unpaired) electrons. The van der Waals surface area contributed by atoms with E-state index in [4.69, 9.17) is 16.3 Å². The van der Waals surface area contributed by atoms with Crippen LogP contribution in [0.1, 0.15) is 39.0 Å². The van der Waals surface area contributed by atoms with Gasteiger partial charge in [0.2, 0.25) is 0 Å². The third kappa shape index (κ3) is 4.20. The molecule has 1 aliphatic rings. The Morgan fingerprint density at radius 2 is 2.14 bits per heavy atom. The summed E-state index contributed by atoms with van der Waals surface area (Å²) in [7, 11) is 1.59. The fourth-order valence-electron chi connectivity index (χ4n) is 2.84. The van der Waals surface area contributed by atoms with Crippen LogP contribution >= 0.6 is 11.6 Å². The first-order valence-corrected chi connectivity index (χ1v) is 8.04. The normalized spacial score (nSPS) is 22.2. The lowest BCUT2D eigenvalue weighted by Gasteiger charge is -2.29. The average molecular weight is 314 g/mol. The van der Waals surface area contributed by atoms with Crippen molar-refractivity contribution in [3.63, 3.8) is 0 Å². The summed E-state index contributed by atoms with van der Waals surface area (Å²) in [5.74, 6) is 0.846. The largest absolute Gasteiger partial charge is 0.383 e. The minimum absolute atomic E-state index is 0.221. The van der Waals surface area contributed by atoms with E-state index in [1.165, 1.54) is 23.9 Å². The van der Waals surface area contributed by atoms with Crippen molar-refractivity contribution >= 4 is 17.3 Å². The molecule has 0 aromatic carbocycles. The van der Waals surface area contributed by atoms with Crippen LogP contribution in [0, 0.1) is 5.92 Å². The van der Waals surface area contributed by atoms with Gasteiger partial charge in [0.15, 0.2) is 0 Å². The molecule has 118 valence electrons. The summed E-state index contributed by atoms with van der Waals surface area (Å²) in [4.78, 5) is 12.1. The monoisotopic (exact) mass is 313 g/mol. The maximum atomic E-state index is 12.1. The zero-order chi connectivity index (χ0) is 15.2. The Labute approximate surface area is 130 Å². The van der Waals surface area contributed by atoms with E-state index in [1.807, 2.05) is 0 Å². The van der Waals surface area contributed by atoms with Crippen LogP contribution in [0.25, 0.3) is 0 Å². The van der Waals surface area contributed by atoms with Crippen molar-refractivity contribution in [3.05, 3.63) is 21.6 Å². The predicted octanol–water partition coefficient (Wildman–Crippen LogP) is 2.92. The zero-order valence-electron chi connectivity index (χ0n) is 12.8. The molecular formula is C15H24ClN3O2. The molecule has 1 fully saturated rings. The van der Waals surface area contributed by atoms with Crippen molar-refractivity contribution in [1.29, 1.82) is 0 Å². The molecule has 1 saturated carbocycles. The Balaban J connectivity index is 2.01. The molecule has 1 heterocycles. The number of methoxy groups -OCH3 is 1. The minimum atomic E-state index is -0.263. The van der Waals surface area contributed by atoms with Crippen LogP contribution in [0.15, 0.2) is 11.0 Å². The molecule has 1 aromatic rings. The van der Waals surface area contributed by atoms with Crippen molar-refractivity contribution in [2.24, 2.45) is 5.92 Å². The van der Waals surface area contributed by atoms with E-state index < -0.39 is 0 Å². The summed E-state index contributed by atoms with van der Waals surface area (Å²) in [6.07, 6.45) is 7.63. The van der Waals surface area contributed by atoms with Gasteiger partial charge in [0.25, 0.3) is 5.56 Å². The fraction of sp³-hybridized carbons (Fsp3) is 0.733. The van der Waals surface area contributed by atoms with E-state index in [9.17, 15) is 4.79 Å². The molecule has 1 aliphatic carbocycles. The van der Waals surface area contributed by atoms with Gasteiger partial charge in [-0.2, -0.15) is 5.10 Å². The van der Waals surface area contributed by atoms with Gasteiger partial charge in [-0.1, -0.05) is 24.9 Å². The summed E-state index contributed by atoms with van der Waals surface area (Å²) in [6.45, 7) is 3.10. The van der Waals surface area contributed by atoms with Crippen molar-refractivity contribution < 1.29 is 4.74 Å². The molecule has 1 aromatic heterocycles. The lowest BCUT2D eigenvalue weighted by Crippen LogP contribution is -2.29. The van der Waals surface area contributed by atoms with Gasteiger partial charge in [-0.05, 0) is 31.6 Å². The topological polar surface area (TPSA) is 56.1 Å². The summed E-state index contributed by atoms with van der Waals surface area (Å²) in [6, 6.07) is 0.390. The molecule has 0 aliphatic heterocycles. The number of halogens is 1. The smallest absolute Gasteiger partial charge is 0.287 e. The van der Waals surface area contributed by atoms with Crippen LogP contribution in [-0.4, -0.2) is 29.5 Å². The van der Waals surface area contributed by atoms with Crippen LogP contribution in [0.4, 0.5) is 5.69 Å². The standard InChI is InChI=1S/C15H24ClN3O2/c1-3-11-4-6-12(7-5-11)18-13-10-17-19(8-9-21-2)15(20)14(13)16/h10-12,18H,3-9H2,1-2H3. The molecule has 0 bridgehead atoms. The molecule has 6 heteroatoms. The van der Waals surface area contributed by atoms with Crippen molar-refractivity contribution in [2.75, 3.05) is 19.0 Å². The molecule has 21 heavy (non-hydrogen) atoms. The second kappa shape index (κ2) is 7.80. The van der Waals surface area contributed by atoms with E-state index in [0.29, 0.717) is 24.9 Å². The van der Waals surface area contributed by atoms with Crippen LogP contribution in [0.2, 0.25) is 5.02 Å². The number of hydrogen-bond donors (Lipinski definition) is 1. The third-order valence-electron chi connectivity index (χ3n) is 4.28. The Morgan fingerprint density at radius 3 is 2.76 bits per heavy atom. The maximum Gasteiger partial charge on any atom is 0.287 e. The molecule has 0 atom stereocenters. The van der Waals surface area contributed by atoms with Gasteiger partial charge in [0, 0.05) is 13.2 Å². The molecule has 0 spiro atoms. The Kier molecular flexibility index (Phi) is 6.06. The van der Waals surface area contributed by atoms with Crippen LogP contribution < -0.4 is 10.9 Å². The first kappa shape index (κ1) is 16.3. The summed E-state index contributed by atoms with van der Waals surface area (Å²) in [5.41, 5.74) is 0.385. The first-order chi connectivity index (χ1) is 10.2. The number of aromatic nitrogens is 2. The van der Waals surface area contributed by atoms with Crippen LogP contribution in [-0.2, 0) is 11.3 Å². The third-order valence-corrected chi connectivity index (χ3v) is 4.64. The first-order valence-electron chi connectivity index (χ1n) is 7.66. The number of nitrogens with one attached hydrogen (secondary N) is 1. The highest BCUT2D eigenvalue weighted by Gasteiger charge is 2.21. The molecule has 2 rings (SSSR count). The SMILES string of the molecule is CCC1CCC(Nc2cnn(CCOC)c(=O)c2Cl)CC1. The molecule has 0 amide bonds. The van der Waals surface area contributed by atoms with Crippen LogP contribution in [0.3, 0.4) is 0 Å². The second-order valence-electron chi connectivity index (χ2n) is 5.66. The average Bonchev–Trinajstić information content (AvgIpc) is 2.52. The number of nitrogens with zero attached hydrogens (tertiary/aromatic N) is 2. The lowest BCUT2D eigenvalue weighted by atomic mass is 9.84. The van der Waals surface area contributed by atoms with Gasteiger partial charge < -0.3 is 10.1 Å². The number of anilines is 1. The van der Waals surface area contributed by atoms with Gasteiger partial charge in [-0.3, -0.25) is 4.79 Å². The number of rotatable bonds is 6. The number of hydrogen-bond acceptors (Lipinski definition) is 4. The van der Waals surface area contributed by atoms with Gasteiger partial charge in [0.1, 0.15) is 5.02 Å². The summed E-state index contributed by atoms with van der Waals surface area (Å²) in [5, 5.41) is 7.75. The molecule has 1 N–H and O–H groups in total. The number of ether oxygens (including phenoxy) is 1. The predicted molar refractivity (Wildman–Crippen MR) is 85.0 cm³/mol. The van der Waals surface area contributed by atoms with E-state index in [1.54, 1.807) is 13.3 Å². The summed E-state index contributed by atoms with van der Waals surface area (Å²) >= 11 is 6.18. The highest BCUT2D eigenvalue weighted by molar-refractivity contribution is 6.32. The Bertz CT molecular complexity index is 510. The molecule has 0 unspecified atom stereocenters. The van der Waals surface area contributed by atoms with Crippen LogP contribution in [0.5, 0.6) is 0 Å². The quantitative estimate of drug-likeness (QED) is 0.877. The molecular weight excluding hydrogens is 290 g/mol. The van der Waals surface area contributed by atoms with Crippen molar-refractivity contribution in [1.82, 2.24) is 9.78 Å². The Morgan fingerprint density at radius 1 is 1.43 bits per heavy atom. The van der Waals surface area contributed by atoms with Gasteiger partial charge in [-0.25, -0.2) is 4.68 Å². The summed E-state index contributed by atoms with van der Waals surface area (Å²) < 4.78 is 6.29. The fourth-order valence-corrected chi connectivity index (χ4v) is 3.04. The van der Waals surface area contributed by atoms with E-state index in [0.717, 1.165) is 18.8 Å². The van der Waals surface area contributed by atoms with E-state index >= 15 is 0 Å². The second-order valence-corrected chi connectivity index (χ2v) is 6.04. The van der Waals surface area contributed by atoms with Gasteiger partial charge in [0.05, 0.1) is 25.0 Å². The van der Waals surface area contributed by atoms with Crippen molar-refractivity contribution in [3.8, 4) is 0 Å². The highest BCUT2D eigenvalue weighted by atomic mass is 35.5. The Hall–Kier alpha value is -1.07.